The number of primary amides is 1. The van der Waals surface area contributed by atoms with Crippen molar-refractivity contribution in [3.8, 4) is 5.69 Å². The summed E-state index contributed by atoms with van der Waals surface area (Å²) in [5, 5.41) is 9.52. The fourth-order valence-electron chi connectivity index (χ4n) is 3.10. The minimum absolute atomic E-state index is 0.0811. The molecule has 136 valence electrons. The highest BCUT2D eigenvalue weighted by Gasteiger charge is 2.19. The van der Waals surface area contributed by atoms with Gasteiger partial charge in [-0.05, 0) is 43.2 Å². The van der Waals surface area contributed by atoms with Gasteiger partial charge in [-0.3, -0.25) is 14.0 Å². The van der Waals surface area contributed by atoms with Crippen LogP contribution in [0.4, 0.5) is 0 Å². The molecular formula is C19H17N5O2S. The molecule has 1 amide bonds. The van der Waals surface area contributed by atoms with E-state index in [0.717, 1.165) is 16.8 Å². The van der Waals surface area contributed by atoms with E-state index in [0.29, 0.717) is 21.8 Å². The zero-order valence-corrected chi connectivity index (χ0v) is 15.7. The van der Waals surface area contributed by atoms with Crippen LogP contribution < -0.4 is 11.3 Å². The summed E-state index contributed by atoms with van der Waals surface area (Å²) in [4.78, 5) is 24.5. The van der Waals surface area contributed by atoms with E-state index in [1.807, 2.05) is 50.2 Å². The molecule has 2 aromatic carbocycles. The SMILES string of the molecule is Cc1cccc(-n2c(=O)c3ccccc3n3c(SCC(N)=O)nnc23)c1C. The van der Waals surface area contributed by atoms with Gasteiger partial charge in [-0.25, -0.2) is 4.57 Å². The summed E-state index contributed by atoms with van der Waals surface area (Å²) in [5.41, 5.74) is 8.63. The number of thioether (sulfide) groups is 1. The lowest BCUT2D eigenvalue weighted by molar-refractivity contribution is -0.115. The molecule has 0 saturated heterocycles. The van der Waals surface area contributed by atoms with Crippen LogP contribution in [0.5, 0.6) is 0 Å². The fraction of sp³-hybridized carbons (Fsp3) is 0.158. The van der Waals surface area contributed by atoms with E-state index < -0.39 is 5.91 Å². The van der Waals surface area contributed by atoms with Gasteiger partial charge in [0.1, 0.15) is 0 Å². The number of rotatable bonds is 4. The number of amides is 1. The molecule has 0 fully saturated rings. The molecule has 0 atom stereocenters. The highest BCUT2D eigenvalue weighted by molar-refractivity contribution is 7.99. The molecule has 0 aliphatic rings. The average Bonchev–Trinajstić information content (AvgIpc) is 3.07. The van der Waals surface area contributed by atoms with Crippen molar-refractivity contribution in [1.82, 2.24) is 19.2 Å². The van der Waals surface area contributed by atoms with Gasteiger partial charge in [0.15, 0.2) is 5.16 Å². The van der Waals surface area contributed by atoms with Crippen LogP contribution >= 0.6 is 11.8 Å². The van der Waals surface area contributed by atoms with Gasteiger partial charge in [0, 0.05) is 0 Å². The molecule has 0 aliphatic carbocycles. The minimum atomic E-state index is -0.441. The third-order valence-electron chi connectivity index (χ3n) is 4.56. The summed E-state index contributed by atoms with van der Waals surface area (Å²) in [6, 6.07) is 13.1. The van der Waals surface area contributed by atoms with Crippen molar-refractivity contribution in [2.45, 2.75) is 19.0 Å². The zero-order chi connectivity index (χ0) is 19.1. The van der Waals surface area contributed by atoms with E-state index in [1.54, 1.807) is 15.0 Å². The first kappa shape index (κ1) is 17.3. The molecule has 0 radical (unpaired) electrons. The van der Waals surface area contributed by atoms with Gasteiger partial charge < -0.3 is 5.73 Å². The molecule has 0 saturated carbocycles. The van der Waals surface area contributed by atoms with Crippen LogP contribution in [0.3, 0.4) is 0 Å². The van der Waals surface area contributed by atoms with Crippen LogP contribution in [0.1, 0.15) is 11.1 Å². The number of hydrogen-bond acceptors (Lipinski definition) is 5. The van der Waals surface area contributed by atoms with Crippen LogP contribution in [-0.2, 0) is 4.79 Å². The summed E-state index contributed by atoms with van der Waals surface area (Å²) < 4.78 is 3.37. The molecule has 0 spiro atoms. The van der Waals surface area contributed by atoms with Crippen molar-refractivity contribution < 1.29 is 4.79 Å². The first-order valence-corrected chi connectivity index (χ1v) is 9.34. The summed E-state index contributed by atoms with van der Waals surface area (Å²) >= 11 is 1.20. The second-order valence-electron chi connectivity index (χ2n) is 6.25. The highest BCUT2D eigenvalue weighted by atomic mass is 32.2. The largest absolute Gasteiger partial charge is 0.369 e. The Labute approximate surface area is 158 Å². The second kappa shape index (κ2) is 6.55. The van der Waals surface area contributed by atoms with Crippen LogP contribution in [0, 0.1) is 13.8 Å². The zero-order valence-electron chi connectivity index (χ0n) is 14.8. The van der Waals surface area contributed by atoms with Crippen LogP contribution in [-0.4, -0.2) is 30.8 Å². The molecule has 0 bridgehead atoms. The number of nitrogens with zero attached hydrogens (tertiary/aromatic N) is 4. The van der Waals surface area contributed by atoms with Crippen LogP contribution in [0.15, 0.2) is 52.4 Å². The molecule has 4 rings (SSSR count). The van der Waals surface area contributed by atoms with Gasteiger partial charge in [-0.2, -0.15) is 0 Å². The molecule has 0 unspecified atom stereocenters. The molecule has 2 aromatic heterocycles. The van der Waals surface area contributed by atoms with Crippen molar-refractivity contribution in [2.24, 2.45) is 5.73 Å². The van der Waals surface area contributed by atoms with Gasteiger partial charge in [-0.15, -0.1) is 10.2 Å². The molecule has 27 heavy (non-hydrogen) atoms. The summed E-state index contributed by atoms with van der Waals surface area (Å²) in [6.45, 7) is 3.97. The Hall–Kier alpha value is -3.13. The maximum Gasteiger partial charge on any atom is 0.267 e. The van der Waals surface area contributed by atoms with Gasteiger partial charge in [0.25, 0.3) is 5.56 Å². The Balaban J connectivity index is 2.13. The monoisotopic (exact) mass is 379 g/mol. The van der Waals surface area contributed by atoms with Crippen LogP contribution in [0.2, 0.25) is 0 Å². The molecule has 8 heteroatoms. The normalized spacial score (nSPS) is 11.3. The van der Waals surface area contributed by atoms with E-state index in [2.05, 4.69) is 10.2 Å². The van der Waals surface area contributed by atoms with E-state index in [-0.39, 0.29) is 11.3 Å². The van der Waals surface area contributed by atoms with Gasteiger partial charge in [0.2, 0.25) is 11.7 Å². The third-order valence-corrected chi connectivity index (χ3v) is 5.51. The Morgan fingerprint density at radius 1 is 1.11 bits per heavy atom. The third kappa shape index (κ3) is 2.78. The van der Waals surface area contributed by atoms with Crippen molar-refractivity contribution in [2.75, 3.05) is 5.75 Å². The number of carbonyl (C=O) groups is 1. The number of fused-ring (bicyclic) bond motifs is 3. The number of carbonyl (C=O) groups excluding carboxylic acids is 1. The van der Waals surface area contributed by atoms with Crippen LogP contribution in [0.25, 0.3) is 22.4 Å². The number of nitrogens with two attached hydrogens (primary N) is 1. The fourth-order valence-corrected chi connectivity index (χ4v) is 3.78. The van der Waals surface area contributed by atoms with E-state index in [9.17, 15) is 9.59 Å². The van der Waals surface area contributed by atoms with Gasteiger partial charge >= 0.3 is 0 Å². The maximum absolute atomic E-state index is 13.3. The molecule has 0 aliphatic heterocycles. The maximum atomic E-state index is 13.3. The number of aromatic nitrogens is 4. The molecule has 7 nitrogen and oxygen atoms in total. The Kier molecular flexibility index (Phi) is 4.19. The Morgan fingerprint density at radius 2 is 1.89 bits per heavy atom. The molecule has 2 N–H and O–H groups in total. The van der Waals surface area contributed by atoms with Crippen molar-refractivity contribution in [1.29, 1.82) is 0 Å². The first-order chi connectivity index (χ1) is 13.0. The molecule has 4 aromatic rings. The first-order valence-electron chi connectivity index (χ1n) is 8.35. The van der Waals surface area contributed by atoms with E-state index in [1.165, 1.54) is 11.8 Å². The standard InChI is InChI=1S/C19H17N5O2S/c1-11-6-5-9-14(12(11)2)23-17(26)13-7-3-4-8-15(13)24-18(23)21-22-19(24)27-10-16(20)25/h3-9H,10H2,1-2H3,(H2,20,25). The second-order valence-corrected chi connectivity index (χ2v) is 7.19. The van der Waals surface area contributed by atoms with Crippen molar-refractivity contribution >= 4 is 34.3 Å². The molecule has 2 heterocycles. The lowest BCUT2D eigenvalue weighted by Crippen LogP contribution is -2.22. The summed E-state index contributed by atoms with van der Waals surface area (Å²) in [5.74, 6) is 0.0424. The van der Waals surface area contributed by atoms with Gasteiger partial charge in [0.05, 0.1) is 22.3 Å². The quantitative estimate of drug-likeness (QED) is 0.549. The smallest absolute Gasteiger partial charge is 0.267 e. The summed E-state index contributed by atoms with van der Waals surface area (Å²) in [7, 11) is 0. The lowest BCUT2D eigenvalue weighted by Gasteiger charge is -2.14. The number of hydrogen-bond donors (Lipinski definition) is 1. The number of para-hydroxylation sites is 1. The van der Waals surface area contributed by atoms with E-state index >= 15 is 0 Å². The number of benzene rings is 2. The predicted octanol–water partition coefficient (Wildman–Crippen LogP) is 2.23. The summed E-state index contributed by atoms with van der Waals surface area (Å²) in [6.07, 6.45) is 0. The topological polar surface area (TPSA) is 95.3 Å². The number of aryl methyl sites for hydroxylation is 1. The Bertz CT molecular complexity index is 1260. The highest BCUT2D eigenvalue weighted by Crippen LogP contribution is 2.24. The van der Waals surface area contributed by atoms with Gasteiger partial charge in [-0.1, -0.05) is 36.0 Å². The van der Waals surface area contributed by atoms with E-state index in [4.69, 9.17) is 5.73 Å². The average molecular weight is 379 g/mol. The van der Waals surface area contributed by atoms with Crippen molar-refractivity contribution in [3.63, 3.8) is 0 Å². The van der Waals surface area contributed by atoms with Crippen molar-refractivity contribution in [3.05, 3.63) is 63.9 Å². The minimum Gasteiger partial charge on any atom is -0.369 e. The predicted molar refractivity (Wildman–Crippen MR) is 105 cm³/mol. The molecular weight excluding hydrogens is 362 g/mol. The Morgan fingerprint density at radius 3 is 2.67 bits per heavy atom. The lowest BCUT2D eigenvalue weighted by atomic mass is 10.1.